The number of hydrogen-bond acceptors (Lipinski definition) is 4. The molecule has 0 saturated heterocycles. The maximum absolute atomic E-state index is 12.1. The van der Waals surface area contributed by atoms with Gasteiger partial charge in [0.15, 0.2) is 5.69 Å². The standard InChI is InChI=1S/C12H18ClN3O3S/c1-7(2)12(4-5-12)6-14-11(17)9-10(20(13,18)19)8(3)15-16-9/h7H,4-6H2,1-3H3,(H,14,17)(H,15,16). The number of nitrogens with one attached hydrogen (secondary N) is 2. The van der Waals surface area contributed by atoms with Crippen LogP contribution in [0, 0.1) is 18.3 Å². The van der Waals surface area contributed by atoms with Gasteiger partial charge in [-0.15, -0.1) is 0 Å². The Kier molecular flexibility index (Phi) is 3.85. The molecule has 1 aromatic rings. The van der Waals surface area contributed by atoms with Crippen molar-refractivity contribution in [2.24, 2.45) is 11.3 Å². The van der Waals surface area contributed by atoms with Crippen LogP contribution in [0.1, 0.15) is 42.9 Å². The number of amides is 1. The number of hydrogen-bond donors (Lipinski definition) is 2. The van der Waals surface area contributed by atoms with Crippen molar-refractivity contribution >= 4 is 25.6 Å². The molecule has 8 heteroatoms. The van der Waals surface area contributed by atoms with Crippen molar-refractivity contribution in [3.63, 3.8) is 0 Å². The van der Waals surface area contributed by atoms with Gasteiger partial charge in [0.1, 0.15) is 4.90 Å². The minimum atomic E-state index is -4.00. The van der Waals surface area contributed by atoms with Crippen LogP contribution in [0.25, 0.3) is 0 Å². The van der Waals surface area contributed by atoms with Crippen LogP contribution in [0.4, 0.5) is 0 Å². The number of carbonyl (C=O) groups excluding carboxylic acids is 1. The summed E-state index contributed by atoms with van der Waals surface area (Å²) in [7, 11) is 1.34. The van der Waals surface area contributed by atoms with E-state index in [1.54, 1.807) is 0 Å². The third kappa shape index (κ3) is 2.83. The van der Waals surface area contributed by atoms with Crippen LogP contribution in [0.2, 0.25) is 0 Å². The summed E-state index contributed by atoms with van der Waals surface area (Å²) in [5, 5.41) is 9.00. The maximum atomic E-state index is 12.1. The zero-order valence-corrected chi connectivity index (χ0v) is 13.2. The molecule has 1 aromatic heterocycles. The number of rotatable bonds is 5. The first-order valence-electron chi connectivity index (χ1n) is 6.45. The van der Waals surface area contributed by atoms with Crippen LogP contribution in [-0.4, -0.2) is 31.1 Å². The van der Waals surface area contributed by atoms with E-state index in [1.807, 2.05) is 0 Å². The van der Waals surface area contributed by atoms with Gasteiger partial charge in [0.25, 0.3) is 15.0 Å². The van der Waals surface area contributed by atoms with Gasteiger partial charge in [0, 0.05) is 17.2 Å². The van der Waals surface area contributed by atoms with Crippen LogP contribution in [0.3, 0.4) is 0 Å². The van der Waals surface area contributed by atoms with E-state index in [1.165, 1.54) is 6.92 Å². The van der Waals surface area contributed by atoms with E-state index in [9.17, 15) is 13.2 Å². The normalized spacial score (nSPS) is 17.2. The van der Waals surface area contributed by atoms with Gasteiger partial charge < -0.3 is 5.32 Å². The molecule has 0 spiro atoms. The van der Waals surface area contributed by atoms with Crippen molar-refractivity contribution < 1.29 is 13.2 Å². The molecule has 0 bridgehead atoms. The Hall–Kier alpha value is -1.08. The second kappa shape index (κ2) is 5.04. The summed E-state index contributed by atoms with van der Waals surface area (Å²) >= 11 is 0. The Morgan fingerprint density at radius 1 is 1.50 bits per heavy atom. The van der Waals surface area contributed by atoms with Crippen molar-refractivity contribution in [1.29, 1.82) is 0 Å². The molecule has 112 valence electrons. The highest BCUT2D eigenvalue weighted by atomic mass is 35.7. The van der Waals surface area contributed by atoms with Crippen molar-refractivity contribution in [1.82, 2.24) is 15.5 Å². The zero-order chi connectivity index (χ0) is 15.1. The van der Waals surface area contributed by atoms with Crippen LogP contribution in [0.5, 0.6) is 0 Å². The molecule has 1 saturated carbocycles. The molecule has 2 N–H and O–H groups in total. The highest BCUT2D eigenvalue weighted by molar-refractivity contribution is 8.13. The lowest BCUT2D eigenvalue weighted by Crippen LogP contribution is -2.33. The summed E-state index contributed by atoms with van der Waals surface area (Å²) in [6.45, 7) is 6.27. The van der Waals surface area contributed by atoms with Gasteiger partial charge in [0.2, 0.25) is 0 Å². The van der Waals surface area contributed by atoms with Gasteiger partial charge in [-0.2, -0.15) is 5.10 Å². The van der Waals surface area contributed by atoms with E-state index >= 15 is 0 Å². The minimum absolute atomic E-state index is 0.140. The molecule has 2 rings (SSSR count). The first kappa shape index (κ1) is 15.3. The molecule has 0 radical (unpaired) electrons. The smallest absolute Gasteiger partial charge is 0.273 e. The summed E-state index contributed by atoms with van der Waals surface area (Å²) < 4.78 is 23.0. The number of aromatic nitrogens is 2. The lowest BCUT2D eigenvalue weighted by Gasteiger charge is -2.19. The Morgan fingerprint density at radius 3 is 2.55 bits per heavy atom. The Bertz CT molecular complexity index is 632. The number of nitrogens with zero attached hydrogens (tertiary/aromatic N) is 1. The van der Waals surface area contributed by atoms with Crippen molar-refractivity contribution in [2.75, 3.05) is 6.54 Å². The summed E-state index contributed by atoms with van der Waals surface area (Å²) in [5.74, 6) is -0.0412. The molecule has 6 nitrogen and oxygen atoms in total. The van der Waals surface area contributed by atoms with Crippen LogP contribution < -0.4 is 5.32 Å². The molecular formula is C12H18ClN3O3S. The number of halogens is 1. The highest BCUT2D eigenvalue weighted by Crippen LogP contribution is 2.51. The van der Waals surface area contributed by atoms with Gasteiger partial charge >= 0.3 is 0 Å². The molecule has 1 fully saturated rings. The van der Waals surface area contributed by atoms with E-state index in [-0.39, 0.29) is 21.7 Å². The Morgan fingerprint density at radius 2 is 2.10 bits per heavy atom. The fourth-order valence-corrected chi connectivity index (χ4v) is 3.68. The van der Waals surface area contributed by atoms with Gasteiger partial charge in [-0.05, 0) is 31.1 Å². The molecular weight excluding hydrogens is 302 g/mol. The van der Waals surface area contributed by atoms with E-state index in [4.69, 9.17) is 10.7 Å². The van der Waals surface area contributed by atoms with Gasteiger partial charge in [-0.3, -0.25) is 9.89 Å². The molecule has 0 aromatic carbocycles. The van der Waals surface area contributed by atoms with Gasteiger partial charge in [-0.1, -0.05) is 13.8 Å². The molecule has 0 unspecified atom stereocenters. The van der Waals surface area contributed by atoms with E-state index in [0.29, 0.717) is 12.5 Å². The fraction of sp³-hybridized carbons (Fsp3) is 0.667. The number of aryl methyl sites for hydroxylation is 1. The highest BCUT2D eigenvalue weighted by Gasteiger charge is 2.45. The molecule has 1 aliphatic rings. The van der Waals surface area contributed by atoms with Crippen LogP contribution in [0.15, 0.2) is 4.90 Å². The Balaban J connectivity index is 2.15. The predicted molar refractivity (Wildman–Crippen MR) is 75.2 cm³/mol. The third-order valence-electron chi connectivity index (χ3n) is 4.07. The second-order valence-corrected chi connectivity index (χ2v) is 8.17. The number of H-pyrrole nitrogens is 1. The summed E-state index contributed by atoms with van der Waals surface area (Å²) in [4.78, 5) is 11.9. The first-order valence-corrected chi connectivity index (χ1v) is 8.76. The molecule has 1 heterocycles. The monoisotopic (exact) mass is 319 g/mol. The fourth-order valence-electron chi connectivity index (χ4n) is 2.33. The average Bonchev–Trinajstić information content (AvgIpc) is 3.01. The third-order valence-corrected chi connectivity index (χ3v) is 5.52. The van der Waals surface area contributed by atoms with Crippen molar-refractivity contribution in [2.45, 2.75) is 38.5 Å². The average molecular weight is 320 g/mol. The lowest BCUT2D eigenvalue weighted by atomic mass is 9.92. The number of carbonyl (C=O) groups is 1. The van der Waals surface area contributed by atoms with Gasteiger partial charge in [-0.25, -0.2) is 8.42 Å². The lowest BCUT2D eigenvalue weighted by molar-refractivity contribution is 0.0931. The van der Waals surface area contributed by atoms with Gasteiger partial charge in [0.05, 0.1) is 5.69 Å². The largest absolute Gasteiger partial charge is 0.350 e. The maximum Gasteiger partial charge on any atom is 0.273 e. The van der Waals surface area contributed by atoms with Crippen molar-refractivity contribution in [3.8, 4) is 0 Å². The number of aromatic amines is 1. The Labute approximate surface area is 122 Å². The van der Waals surface area contributed by atoms with E-state index in [0.717, 1.165) is 12.8 Å². The summed E-state index contributed by atoms with van der Waals surface area (Å²) in [6, 6.07) is 0. The summed E-state index contributed by atoms with van der Waals surface area (Å²) in [5.41, 5.74) is 0.230. The second-order valence-electron chi connectivity index (χ2n) is 5.66. The molecule has 20 heavy (non-hydrogen) atoms. The molecule has 1 amide bonds. The molecule has 0 atom stereocenters. The minimum Gasteiger partial charge on any atom is -0.350 e. The van der Waals surface area contributed by atoms with E-state index in [2.05, 4.69) is 29.4 Å². The summed E-state index contributed by atoms with van der Waals surface area (Å²) in [6.07, 6.45) is 2.15. The van der Waals surface area contributed by atoms with Crippen LogP contribution in [-0.2, 0) is 9.05 Å². The zero-order valence-electron chi connectivity index (χ0n) is 11.7. The quantitative estimate of drug-likeness (QED) is 0.810. The van der Waals surface area contributed by atoms with Crippen molar-refractivity contribution in [3.05, 3.63) is 11.4 Å². The molecule has 0 aliphatic heterocycles. The topological polar surface area (TPSA) is 91.9 Å². The first-order chi connectivity index (χ1) is 9.17. The SMILES string of the molecule is Cc1[nH]nc(C(=O)NCC2(C(C)C)CC2)c1S(=O)(=O)Cl. The predicted octanol–water partition coefficient (Wildman–Crippen LogP) is 1.81. The van der Waals surface area contributed by atoms with E-state index < -0.39 is 15.0 Å². The van der Waals surface area contributed by atoms with Crippen LogP contribution >= 0.6 is 10.7 Å². The molecule has 1 aliphatic carbocycles.